The van der Waals surface area contributed by atoms with Crippen molar-refractivity contribution in [3.63, 3.8) is 0 Å². The van der Waals surface area contributed by atoms with Crippen LogP contribution in [0.3, 0.4) is 0 Å². The van der Waals surface area contributed by atoms with Gasteiger partial charge >= 0.3 is 11.9 Å². The Morgan fingerprint density at radius 3 is 1.43 bits per heavy atom. The summed E-state index contributed by atoms with van der Waals surface area (Å²) in [5, 5.41) is 65.3. The fourth-order valence-corrected chi connectivity index (χ4v) is 9.54. The number of aliphatic hydroxyl groups excluding tert-OH is 5. The van der Waals surface area contributed by atoms with E-state index in [2.05, 4.69) is 23.2 Å². The highest BCUT2D eigenvalue weighted by molar-refractivity contribution is 7.89. The molecule has 69 heavy (non-hydrogen) atoms. The molecule has 2 rings (SSSR count). The monoisotopic (exact) mass is 1010 g/mol. The van der Waals surface area contributed by atoms with Crippen molar-refractivity contribution in [1.29, 1.82) is 0 Å². The summed E-state index contributed by atoms with van der Waals surface area (Å²) in [6.45, 7) is 6.61. The molecule has 11 atom stereocenters. The molecule has 17 heteroatoms. The Morgan fingerprint density at radius 2 is 0.986 bits per heavy atom. The highest BCUT2D eigenvalue weighted by atomic mass is 32.2. The maximum atomic E-state index is 13.7. The number of allylic oxidation sites excluding steroid dienone is 1. The number of esters is 2. The van der Waals surface area contributed by atoms with Gasteiger partial charge in [0.2, 0.25) is 6.29 Å². The molecular weight excluding hydrogens is 913 g/mol. The molecule has 0 radical (unpaired) electrons. The number of carbonyl (C=O) groups is 2. The molecule has 0 aliphatic carbocycles. The largest absolute Gasteiger partial charge is 0.453 e. The molecule has 10 unspecified atom stereocenters. The Kier molecular flexibility index (Phi) is 37.8. The zero-order chi connectivity index (χ0) is 50.5. The van der Waals surface area contributed by atoms with Crippen LogP contribution in [0.15, 0.2) is 11.6 Å². The number of hydrogen-bond acceptors (Lipinski definition) is 17. The molecule has 0 aromatic heterocycles. The number of hydrogen-bond donors (Lipinski definition) is 6. The van der Waals surface area contributed by atoms with E-state index in [1.54, 1.807) is 6.92 Å². The van der Waals surface area contributed by atoms with Gasteiger partial charge in [0.05, 0.1) is 13.2 Å². The summed E-state index contributed by atoms with van der Waals surface area (Å²) in [6.07, 6.45) is 21.8. The van der Waals surface area contributed by atoms with Gasteiger partial charge in [-0.25, -0.2) is 10.1 Å². The highest BCUT2D eigenvalue weighted by Crippen LogP contribution is 2.34. The lowest BCUT2D eigenvalue weighted by atomic mass is 9.97. The van der Waals surface area contributed by atoms with Crippen molar-refractivity contribution < 1.29 is 77.6 Å². The standard InChI is InChI=1S/C52H96O16S/c1-5-7-9-11-13-15-17-19-20-21-23-24-26-28-30-32-34-39(3)36-40(4)50(59)64-47-45(57)42(38-54)62-52(65-51-48(66-69-68-67-60)46(58)44(56)41(37-53)61-51)49(47)63-43(55)35-33-31-29-27-25-22-18-16-14-12-10-8-6-2/h36,39,41-42,44-49,51-54,56-58,60H,5-35,37-38H2,1-4H3/b40-36+/t39-,41?,42?,44?,45?,46?,47?,48?,49?,51?,52?/m1/s1. The Labute approximate surface area is 419 Å². The summed E-state index contributed by atoms with van der Waals surface area (Å²) in [4.78, 5) is 27.2. The van der Waals surface area contributed by atoms with Crippen LogP contribution in [0.1, 0.15) is 227 Å². The van der Waals surface area contributed by atoms with Crippen molar-refractivity contribution in [3.8, 4) is 0 Å². The van der Waals surface area contributed by atoms with Gasteiger partial charge in [-0.15, -0.1) is 4.33 Å². The third-order valence-electron chi connectivity index (χ3n) is 13.5. The molecule has 2 aliphatic heterocycles. The van der Waals surface area contributed by atoms with Crippen LogP contribution in [0.2, 0.25) is 0 Å². The van der Waals surface area contributed by atoms with E-state index in [0.717, 1.165) is 44.9 Å². The lowest BCUT2D eigenvalue weighted by molar-refractivity contribution is -0.435. The Morgan fingerprint density at radius 1 is 0.565 bits per heavy atom. The Balaban J connectivity index is 2.02. The average molecular weight is 1010 g/mol. The minimum absolute atomic E-state index is 0.00920. The van der Waals surface area contributed by atoms with Crippen molar-refractivity contribution in [2.24, 2.45) is 5.92 Å². The molecular formula is C52H96O16S. The van der Waals surface area contributed by atoms with Crippen LogP contribution in [0, 0.1) is 5.92 Å². The van der Waals surface area contributed by atoms with Crippen LogP contribution in [0.4, 0.5) is 0 Å². The summed E-state index contributed by atoms with van der Waals surface area (Å²) < 4.78 is 39.1. The van der Waals surface area contributed by atoms with Crippen LogP contribution in [0.25, 0.3) is 0 Å². The van der Waals surface area contributed by atoms with Gasteiger partial charge < -0.3 is 49.2 Å². The third-order valence-corrected chi connectivity index (χ3v) is 13.9. The summed E-state index contributed by atoms with van der Waals surface area (Å²) >= 11 is 0.0630. The Hall–Kier alpha value is -1.45. The van der Waals surface area contributed by atoms with Gasteiger partial charge in [0, 0.05) is 12.0 Å². The van der Waals surface area contributed by atoms with Crippen molar-refractivity contribution in [2.75, 3.05) is 13.2 Å². The van der Waals surface area contributed by atoms with E-state index in [4.69, 9.17) is 33.1 Å². The van der Waals surface area contributed by atoms with Crippen LogP contribution >= 0.6 is 12.3 Å². The first-order valence-electron chi connectivity index (χ1n) is 27.1. The smallest absolute Gasteiger partial charge is 0.333 e. The van der Waals surface area contributed by atoms with E-state index in [-0.39, 0.29) is 30.2 Å². The molecule has 16 nitrogen and oxygen atoms in total. The predicted octanol–water partition coefficient (Wildman–Crippen LogP) is 10.4. The van der Waals surface area contributed by atoms with Gasteiger partial charge in [0.1, 0.15) is 30.5 Å². The van der Waals surface area contributed by atoms with E-state index in [0.29, 0.717) is 6.42 Å². The molecule has 2 saturated heterocycles. The molecule has 2 fully saturated rings. The zero-order valence-corrected chi connectivity index (χ0v) is 43.8. The summed E-state index contributed by atoms with van der Waals surface area (Å²) in [7, 11) is 0. The topological polar surface area (TPSA) is 229 Å². The lowest BCUT2D eigenvalue weighted by Crippen LogP contribution is -2.65. The molecule has 0 aromatic rings. The summed E-state index contributed by atoms with van der Waals surface area (Å²) in [5.41, 5.74) is 0.280. The maximum absolute atomic E-state index is 13.7. The second-order valence-corrected chi connectivity index (χ2v) is 20.0. The van der Waals surface area contributed by atoms with E-state index < -0.39 is 86.6 Å². The van der Waals surface area contributed by atoms with E-state index in [1.165, 1.54) is 141 Å². The lowest BCUT2D eigenvalue weighted by Gasteiger charge is -2.46. The zero-order valence-electron chi connectivity index (χ0n) is 42.9. The molecule has 2 heterocycles. The van der Waals surface area contributed by atoms with E-state index in [1.807, 2.05) is 13.0 Å². The van der Waals surface area contributed by atoms with Crippen LogP contribution in [0.5, 0.6) is 0 Å². The number of ether oxygens (including phenoxy) is 5. The van der Waals surface area contributed by atoms with Gasteiger partial charge in [0.15, 0.2) is 36.9 Å². The molecule has 0 spiro atoms. The fraction of sp³-hybridized carbons (Fsp3) is 0.923. The third kappa shape index (κ3) is 27.4. The van der Waals surface area contributed by atoms with Gasteiger partial charge in [-0.2, -0.15) is 0 Å². The summed E-state index contributed by atoms with van der Waals surface area (Å²) in [6, 6.07) is 0. The summed E-state index contributed by atoms with van der Waals surface area (Å²) in [5.74, 6) is -1.40. The number of rotatable bonds is 43. The quantitative estimate of drug-likeness (QED) is 0.00833. The van der Waals surface area contributed by atoms with Gasteiger partial charge in [0.25, 0.3) is 0 Å². The first-order valence-corrected chi connectivity index (χ1v) is 27.8. The van der Waals surface area contributed by atoms with Crippen molar-refractivity contribution in [3.05, 3.63) is 11.6 Å². The number of carbonyl (C=O) groups excluding carboxylic acids is 2. The molecule has 406 valence electrons. The molecule has 0 aromatic carbocycles. The fourth-order valence-electron chi connectivity index (χ4n) is 9.19. The van der Waals surface area contributed by atoms with Gasteiger partial charge in [-0.05, 0) is 25.7 Å². The van der Waals surface area contributed by atoms with Gasteiger partial charge in [-0.3, -0.25) is 8.98 Å². The number of unbranched alkanes of at least 4 members (excludes halogenated alkanes) is 27. The second kappa shape index (κ2) is 41.0. The number of aliphatic hydroxyl groups is 5. The van der Waals surface area contributed by atoms with Gasteiger partial charge in [-0.1, -0.05) is 212 Å². The van der Waals surface area contributed by atoms with E-state index >= 15 is 0 Å². The minimum atomic E-state index is -1.77. The molecule has 0 saturated carbocycles. The highest BCUT2D eigenvalue weighted by Gasteiger charge is 2.54. The maximum Gasteiger partial charge on any atom is 0.333 e. The van der Waals surface area contributed by atoms with Crippen LogP contribution in [-0.2, 0) is 46.8 Å². The van der Waals surface area contributed by atoms with Crippen molar-refractivity contribution in [2.45, 2.75) is 288 Å². The normalized spacial score (nSPS) is 25.7. The average Bonchev–Trinajstić information content (AvgIpc) is 3.34. The predicted molar refractivity (Wildman–Crippen MR) is 265 cm³/mol. The SMILES string of the molecule is CCCCCCCCCCCCCCCCCC[C@@H](C)/C=C(\C)C(=O)OC1C(O)C(CO)OC(OC2OC(CO)C(O)C(O)C2OSOOO)C1OC(=O)CCCCCCCCCCCCCCC. The second-order valence-electron chi connectivity index (χ2n) is 19.6. The van der Waals surface area contributed by atoms with Crippen LogP contribution in [-0.4, -0.2) is 117 Å². The Bertz CT molecular complexity index is 1300. The molecule has 0 amide bonds. The van der Waals surface area contributed by atoms with Crippen molar-refractivity contribution >= 4 is 24.3 Å². The first-order chi connectivity index (χ1) is 33.5. The van der Waals surface area contributed by atoms with E-state index in [9.17, 15) is 35.1 Å². The molecule has 6 N–H and O–H groups in total. The minimum Gasteiger partial charge on any atom is -0.453 e. The molecule has 2 aliphatic rings. The first kappa shape index (κ1) is 63.7. The van der Waals surface area contributed by atoms with Crippen molar-refractivity contribution in [1.82, 2.24) is 0 Å². The molecule has 0 bridgehead atoms. The van der Waals surface area contributed by atoms with Crippen LogP contribution < -0.4 is 0 Å².